The molecule has 1 aromatic heterocycles. The summed E-state index contributed by atoms with van der Waals surface area (Å²) in [5.74, 6) is 0.607. The summed E-state index contributed by atoms with van der Waals surface area (Å²) in [7, 11) is 0. The minimum absolute atomic E-state index is 0. The molecule has 1 aliphatic heterocycles. The first kappa shape index (κ1) is 17.9. The molecule has 0 amide bonds. The molecule has 1 fully saturated rings. The van der Waals surface area contributed by atoms with Gasteiger partial charge in [-0.25, -0.2) is 0 Å². The highest BCUT2D eigenvalue weighted by atomic mass is 127. The molecule has 1 aromatic carbocycles. The molecule has 5 nitrogen and oxygen atoms in total. The molecule has 1 saturated heterocycles. The molecular weight excluding hydrogens is 403 g/mol. The summed E-state index contributed by atoms with van der Waals surface area (Å²) in [5.41, 5.74) is 8.14. The topological polar surface area (TPSA) is 63.7 Å². The van der Waals surface area contributed by atoms with E-state index in [1.807, 2.05) is 18.2 Å². The van der Waals surface area contributed by atoms with Gasteiger partial charge in [-0.15, -0.1) is 24.0 Å². The lowest BCUT2D eigenvalue weighted by molar-refractivity contribution is 0.00530. The second kappa shape index (κ2) is 8.44. The Morgan fingerprint density at radius 2 is 2.17 bits per heavy atom. The number of hydrogen-bond acceptors (Lipinski definition) is 3. The maximum atomic E-state index is 6.07. The Labute approximate surface area is 153 Å². The lowest BCUT2D eigenvalue weighted by Gasteiger charge is -2.31. The summed E-state index contributed by atoms with van der Waals surface area (Å²) < 4.78 is 5.51. The number of hydrogen-bond donors (Lipinski definition) is 1. The summed E-state index contributed by atoms with van der Waals surface area (Å²) >= 11 is 0. The zero-order valence-corrected chi connectivity index (χ0v) is 15.6. The number of aromatic nitrogens is 1. The van der Waals surface area contributed by atoms with Crippen molar-refractivity contribution >= 4 is 40.8 Å². The number of nitrogens with zero attached hydrogens (tertiary/aromatic N) is 3. The average molecular weight is 426 g/mol. The van der Waals surface area contributed by atoms with Crippen LogP contribution in [-0.2, 0) is 11.2 Å². The minimum atomic E-state index is 0. The van der Waals surface area contributed by atoms with E-state index in [0.29, 0.717) is 19.1 Å². The number of halogens is 1. The lowest BCUT2D eigenvalue weighted by atomic mass is 10.2. The monoisotopic (exact) mass is 426 g/mol. The molecule has 1 atom stereocenters. The molecule has 0 aliphatic carbocycles. The van der Waals surface area contributed by atoms with Crippen LogP contribution in [0.25, 0.3) is 10.9 Å². The van der Waals surface area contributed by atoms with Crippen LogP contribution in [0.5, 0.6) is 0 Å². The van der Waals surface area contributed by atoms with Gasteiger partial charge in [0.2, 0.25) is 0 Å². The van der Waals surface area contributed by atoms with Gasteiger partial charge in [0.05, 0.1) is 18.2 Å². The van der Waals surface area contributed by atoms with Gasteiger partial charge in [0.15, 0.2) is 5.96 Å². The van der Waals surface area contributed by atoms with Crippen LogP contribution in [-0.4, -0.2) is 48.2 Å². The average Bonchev–Trinajstić information content (AvgIpc) is 2.54. The van der Waals surface area contributed by atoms with Gasteiger partial charge in [-0.3, -0.25) is 9.98 Å². The van der Waals surface area contributed by atoms with Gasteiger partial charge in [0, 0.05) is 37.1 Å². The van der Waals surface area contributed by atoms with E-state index in [4.69, 9.17) is 10.5 Å². The highest BCUT2D eigenvalue weighted by Gasteiger charge is 2.17. The Hall–Kier alpha value is -1.41. The second-order valence-corrected chi connectivity index (χ2v) is 5.61. The SMILES string of the molecule is CC1CN(C(N)=NCCc2ccc3ccccc3n2)CCO1.I. The molecule has 0 saturated carbocycles. The van der Waals surface area contributed by atoms with E-state index in [1.165, 1.54) is 0 Å². The number of para-hydroxylation sites is 1. The normalized spacial score (nSPS) is 18.7. The molecule has 0 radical (unpaired) electrons. The van der Waals surface area contributed by atoms with Crippen LogP contribution in [0.1, 0.15) is 12.6 Å². The summed E-state index contributed by atoms with van der Waals surface area (Å²) in [4.78, 5) is 11.2. The summed E-state index contributed by atoms with van der Waals surface area (Å²) in [6.07, 6.45) is 1.01. The van der Waals surface area contributed by atoms with Crippen LogP contribution < -0.4 is 5.73 Å². The number of aliphatic imine (C=N–C) groups is 1. The van der Waals surface area contributed by atoms with Gasteiger partial charge in [-0.2, -0.15) is 0 Å². The third-order valence-corrected chi connectivity index (χ3v) is 3.86. The molecule has 1 aliphatic rings. The van der Waals surface area contributed by atoms with Crippen molar-refractivity contribution in [2.45, 2.75) is 19.4 Å². The van der Waals surface area contributed by atoms with Crippen LogP contribution in [0.15, 0.2) is 41.4 Å². The maximum absolute atomic E-state index is 6.07. The van der Waals surface area contributed by atoms with Gasteiger partial charge in [-0.1, -0.05) is 24.3 Å². The number of nitrogens with two attached hydrogens (primary N) is 1. The Morgan fingerprint density at radius 1 is 1.35 bits per heavy atom. The number of fused-ring (bicyclic) bond motifs is 1. The van der Waals surface area contributed by atoms with Crippen molar-refractivity contribution in [2.24, 2.45) is 10.7 Å². The molecule has 2 aromatic rings. The lowest BCUT2D eigenvalue weighted by Crippen LogP contribution is -2.47. The number of ether oxygens (including phenoxy) is 1. The number of pyridine rings is 1. The van der Waals surface area contributed by atoms with Crippen LogP contribution in [0.4, 0.5) is 0 Å². The minimum Gasteiger partial charge on any atom is -0.375 e. The largest absolute Gasteiger partial charge is 0.375 e. The Kier molecular flexibility index (Phi) is 6.59. The van der Waals surface area contributed by atoms with E-state index >= 15 is 0 Å². The molecule has 1 unspecified atom stereocenters. The van der Waals surface area contributed by atoms with E-state index in [0.717, 1.165) is 36.1 Å². The van der Waals surface area contributed by atoms with Crippen molar-refractivity contribution in [3.8, 4) is 0 Å². The summed E-state index contributed by atoms with van der Waals surface area (Å²) in [5, 5.41) is 1.16. The van der Waals surface area contributed by atoms with E-state index in [1.54, 1.807) is 0 Å². The van der Waals surface area contributed by atoms with E-state index < -0.39 is 0 Å². The highest BCUT2D eigenvalue weighted by molar-refractivity contribution is 14.0. The van der Waals surface area contributed by atoms with Crippen LogP contribution in [0.2, 0.25) is 0 Å². The van der Waals surface area contributed by atoms with Crippen LogP contribution >= 0.6 is 24.0 Å². The third kappa shape index (κ3) is 4.78. The fourth-order valence-electron chi connectivity index (χ4n) is 2.66. The molecule has 23 heavy (non-hydrogen) atoms. The number of rotatable bonds is 3. The molecule has 0 bridgehead atoms. The first-order valence-electron chi connectivity index (χ1n) is 7.73. The highest BCUT2D eigenvalue weighted by Crippen LogP contribution is 2.12. The zero-order valence-electron chi connectivity index (χ0n) is 13.3. The number of benzene rings is 1. The van der Waals surface area contributed by atoms with Crippen LogP contribution in [0, 0.1) is 0 Å². The van der Waals surface area contributed by atoms with Crippen molar-refractivity contribution in [1.29, 1.82) is 0 Å². The fraction of sp³-hybridized carbons (Fsp3) is 0.412. The second-order valence-electron chi connectivity index (χ2n) is 5.61. The van der Waals surface area contributed by atoms with Gasteiger partial charge in [-0.05, 0) is 19.1 Å². The van der Waals surface area contributed by atoms with Crippen molar-refractivity contribution < 1.29 is 4.74 Å². The smallest absolute Gasteiger partial charge is 0.191 e. The predicted octanol–water partition coefficient (Wildman–Crippen LogP) is 2.43. The Balaban J connectivity index is 0.00000192. The quantitative estimate of drug-likeness (QED) is 0.465. The van der Waals surface area contributed by atoms with E-state index in [2.05, 4.69) is 40.0 Å². The number of morpholine rings is 1. The molecule has 6 heteroatoms. The standard InChI is InChI=1S/C17H22N4O.HI/c1-13-12-21(10-11-22-13)17(18)19-9-8-15-7-6-14-4-2-3-5-16(14)20-15;/h2-7,13H,8-12H2,1H3,(H2,18,19);1H. The number of guanidine groups is 1. The first-order chi connectivity index (χ1) is 10.7. The molecule has 2 N–H and O–H groups in total. The molecular formula is C17H23IN4O. The zero-order chi connectivity index (χ0) is 15.4. The summed E-state index contributed by atoms with van der Waals surface area (Å²) in [6, 6.07) is 12.3. The van der Waals surface area contributed by atoms with E-state index in [9.17, 15) is 0 Å². The van der Waals surface area contributed by atoms with E-state index in [-0.39, 0.29) is 30.1 Å². The molecule has 124 valence electrons. The maximum Gasteiger partial charge on any atom is 0.191 e. The van der Waals surface area contributed by atoms with Crippen molar-refractivity contribution in [1.82, 2.24) is 9.88 Å². The molecule has 2 heterocycles. The first-order valence-corrected chi connectivity index (χ1v) is 7.73. The van der Waals surface area contributed by atoms with Gasteiger partial charge < -0.3 is 15.4 Å². The molecule has 3 rings (SSSR count). The Bertz CT molecular complexity index is 676. The van der Waals surface area contributed by atoms with Crippen molar-refractivity contribution in [3.63, 3.8) is 0 Å². The summed E-state index contributed by atoms with van der Waals surface area (Å²) in [6.45, 7) is 5.04. The van der Waals surface area contributed by atoms with Gasteiger partial charge >= 0.3 is 0 Å². The van der Waals surface area contributed by atoms with Crippen molar-refractivity contribution in [2.75, 3.05) is 26.2 Å². The molecule has 0 spiro atoms. The Morgan fingerprint density at radius 3 is 3.00 bits per heavy atom. The van der Waals surface area contributed by atoms with Crippen molar-refractivity contribution in [3.05, 3.63) is 42.1 Å². The van der Waals surface area contributed by atoms with Crippen LogP contribution in [0.3, 0.4) is 0 Å². The third-order valence-electron chi connectivity index (χ3n) is 3.86. The van der Waals surface area contributed by atoms with Gasteiger partial charge in [0.1, 0.15) is 0 Å². The van der Waals surface area contributed by atoms with Gasteiger partial charge in [0.25, 0.3) is 0 Å². The fourth-order valence-corrected chi connectivity index (χ4v) is 2.66. The predicted molar refractivity (Wildman–Crippen MR) is 104 cm³/mol.